The van der Waals surface area contributed by atoms with Gasteiger partial charge < -0.3 is 5.32 Å². The Labute approximate surface area is 158 Å². The van der Waals surface area contributed by atoms with Gasteiger partial charge in [-0.3, -0.25) is 15.0 Å². The molecule has 0 saturated heterocycles. The van der Waals surface area contributed by atoms with E-state index in [0.717, 1.165) is 36.8 Å². The molecule has 1 aliphatic rings. The van der Waals surface area contributed by atoms with Crippen molar-refractivity contribution in [3.8, 4) is 0 Å². The zero-order valence-electron chi connectivity index (χ0n) is 15.5. The van der Waals surface area contributed by atoms with Crippen molar-refractivity contribution in [2.24, 2.45) is 0 Å². The van der Waals surface area contributed by atoms with Gasteiger partial charge >= 0.3 is 0 Å². The van der Waals surface area contributed by atoms with Gasteiger partial charge in [-0.15, -0.1) is 11.3 Å². The first-order valence-corrected chi connectivity index (χ1v) is 9.78. The van der Waals surface area contributed by atoms with Crippen LogP contribution in [0, 0.1) is 6.92 Å². The van der Waals surface area contributed by atoms with Crippen molar-refractivity contribution in [3.05, 3.63) is 51.4 Å². The van der Waals surface area contributed by atoms with Crippen molar-refractivity contribution in [3.63, 3.8) is 0 Å². The van der Waals surface area contributed by atoms with Crippen molar-refractivity contribution >= 4 is 28.2 Å². The summed E-state index contributed by atoms with van der Waals surface area (Å²) >= 11 is 1.55. The second-order valence-electron chi connectivity index (χ2n) is 6.93. The number of amides is 2. The average Bonchev–Trinajstić information content (AvgIpc) is 2.75. The fourth-order valence-electron chi connectivity index (χ4n) is 3.29. The number of benzene rings is 1. The molecule has 1 aromatic carbocycles. The van der Waals surface area contributed by atoms with E-state index in [1.807, 2.05) is 25.1 Å². The molecule has 0 unspecified atom stereocenters. The summed E-state index contributed by atoms with van der Waals surface area (Å²) in [4.78, 5) is 26.7. The second kappa shape index (κ2) is 8.01. The molecule has 1 aromatic heterocycles. The number of thiophene rings is 1. The molecule has 2 amide bonds. The standard InChI is InChI=1S/C20H25N3O2S/c1-13-8-7-9-14(12-13)18(24)21-20-17(19(25)22-23(2)3)15-10-5-4-6-11-16(15)26-20/h7-9,12H,4-6,10-11H2,1-3H3,(H,21,24)(H,22,25). The number of carbonyl (C=O) groups excluding carboxylic acids is 2. The summed E-state index contributed by atoms with van der Waals surface area (Å²) in [7, 11) is 3.57. The maximum absolute atomic E-state index is 12.8. The lowest BCUT2D eigenvalue weighted by Gasteiger charge is -2.14. The van der Waals surface area contributed by atoms with Crippen LogP contribution in [0.4, 0.5) is 5.00 Å². The highest BCUT2D eigenvalue weighted by molar-refractivity contribution is 7.17. The Morgan fingerprint density at radius 3 is 2.58 bits per heavy atom. The van der Waals surface area contributed by atoms with Crippen molar-refractivity contribution in [1.82, 2.24) is 10.4 Å². The van der Waals surface area contributed by atoms with Gasteiger partial charge in [0.05, 0.1) is 5.56 Å². The van der Waals surface area contributed by atoms with Gasteiger partial charge in [-0.2, -0.15) is 0 Å². The SMILES string of the molecule is Cc1cccc(C(=O)Nc2sc3c(c2C(=O)NN(C)C)CCCCC3)c1. The number of hydrogen-bond acceptors (Lipinski definition) is 4. The van der Waals surface area contributed by atoms with Crippen LogP contribution < -0.4 is 10.7 Å². The lowest BCUT2D eigenvalue weighted by Crippen LogP contribution is -2.36. The fraction of sp³-hybridized carbons (Fsp3) is 0.400. The smallest absolute Gasteiger partial charge is 0.268 e. The van der Waals surface area contributed by atoms with E-state index in [0.29, 0.717) is 16.1 Å². The van der Waals surface area contributed by atoms with Crippen LogP contribution in [0.25, 0.3) is 0 Å². The molecule has 0 fully saturated rings. The Balaban J connectivity index is 1.95. The van der Waals surface area contributed by atoms with Crippen LogP contribution >= 0.6 is 11.3 Å². The first-order chi connectivity index (χ1) is 12.5. The van der Waals surface area contributed by atoms with Crippen LogP contribution in [0.3, 0.4) is 0 Å². The molecule has 6 heteroatoms. The molecule has 2 N–H and O–H groups in total. The van der Waals surface area contributed by atoms with E-state index >= 15 is 0 Å². The number of hydrazine groups is 1. The van der Waals surface area contributed by atoms with Crippen LogP contribution in [0.1, 0.15) is 56.0 Å². The minimum Gasteiger partial charge on any atom is -0.313 e. The summed E-state index contributed by atoms with van der Waals surface area (Å²) in [5, 5.41) is 5.28. The molecule has 26 heavy (non-hydrogen) atoms. The van der Waals surface area contributed by atoms with Gasteiger partial charge in [0.15, 0.2) is 0 Å². The van der Waals surface area contributed by atoms with E-state index < -0.39 is 0 Å². The van der Waals surface area contributed by atoms with Gasteiger partial charge in [-0.05, 0) is 50.3 Å². The number of carbonyl (C=O) groups is 2. The van der Waals surface area contributed by atoms with E-state index in [1.54, 1.807) is 36.5 Å². The molecule has 5 nitrogen and oxygen atoms in total. The Morgan fingerprint density at radius 1 is 1.08 bits per heavy atom. The van der Waals surface area contributed by atoms with Crippen LogP contribution in [-0.4, -0.2) is 30.9 Å². The van der Waals surface area contributed by atoms with E-state index in [1.165, 1.54) is 11.3 Å². The fourth-order valence-corrected chi connectivity index (χ4v) is 4.57. The quantitative estimate of drug-likeness (QED) is 0.635. The largest absolute Gasteiger partial charge is 0.313 e. The maximum Gasteiger partial charge on any atom is 0.268 e. The highest BCUT2D eigenvalue weighted by Gasteiger charge is 2.26. The number of nitrogens with one attached hydrogen (secondary N) is 2. The molecule has 1 heterocycles. The highest BCUT2D eigenvalue weighted by Crippen LogP contribution is 2.37. The van der Waals surface area contributed by atoms with E-state index in [-0.39, 0.29) is 11.8 Å². The van der Waals surface area contributed by atoms with Gasteiger partial charge in [0.25, 0.3) is 11.8 Å². The molecule has 0 radical (unpaired) electrons. The zero-order chi connectivity index (χ0) is 18.7. The summed E-state index contributed by atoms with van der Waals surface area (Å²) in [6.07, 6.45) is 5.26. The maximum atomic E-state index is 12.8. The number of hydrogen-bond donors (Lipinski definition) is 2. The summed E-state index contributed by atoms with van der Waals surface area (Å²) in [5.74, 6) is -0.335. The Morgan fingerprint density at radius 2 is 1.85 bits per heavy atom. The molecule has 1 aliphatic carbocycles. The van der Waals surface area contributed by atoms with Crippen LogP contribution in [-0.2, 0) is 12.8 Å². The molecular formula is C20H25N3O2S. The van der Waals surface area contributed by atoms with E-state index in [4.69, 9.17) is 0 Å². The average molecular weight is 372 g/mol. The van der Waals surface area contributed by atoms with E-state index in [2.05, 4.69) is 10.7 Å². The van der Waals surface area contributed by atoms with Gasteiger partial charge in [-0.1, -0.05) is 24.1 Å². The van der Waals surface area contributed by atoms with Crippen molar-refractivity contribution in [2.75, 3.05) is 19.4 Å². The summed E-state index contributed by atoms with van der Waals surface area (Å²) in [6, 6.07) is 7.47. The third-order valence-corrected chi connectivity index (χ3v) is 5.69. The highest BCUT2D eigenvalue weighted by atomic mass is 32.1. The number of fused-ring (bicyclic) bond motifs is 1. The number of anilines is 1. The van der Waals surface area contributed by atoms with Crippen molar-refractivity contribution < 1.29 is 9.59 Å². The predicted molar refractivity (Wildman–Crippen MR) is 106 cm³/mol. The molecule has 0 aliphatic heterocycles. The molecule has 0 bridgehead atoms. The van der Waals surface area contributed by atoms with Crippen molar-refractivity contribution in [1.29, 1.82) is 0 Å². The molecular weight excluding hydrogens is 346 g/mol. The first kappa shape index (κ1) is 18.6. The first-order valence-electron chi connectivity index (χ1n) is 8.96. The third-order valence-electron chi connectivity index (χ3n) is 4.48. The molecule has 0 saturated carbocycles. The lowest BCUT2D eigenvalue weighted by atomic mass is 10.0. The van der Waals surface area contributed by atoms with E-state index in [9.17, 15) is 9.59 Å². The molecule has 0 atom stereocenters. The van der Waals surface area contributed by atoms with Gasteiger partial charge in [0.1, 0.15) is 5.00 Å². The summed E-state index contributed by atoms with van der Waals surface area (Å²) in [6.45, 7) is 1.96. The topological polar surface area (TPSA) is 61.4 Å². The normalized spacial score (nSPS) is 13.8. The monoisotopic (exact) mass is 371 g/mol. The van der Waals surface area contributed by atoms with Crippen LogP contribution in [0.15, 0.2) is 24.3 Å². The third kappa shape index (κ3) is 4.14. The van der Waals surface area contributed by atoms with Gasteiger partial charge in [-0.25, -0.2) is 5.01 Å². The molecule has 3 rings (SSSR count). The number of nitrogens with zero attached hydrogens (tertiary/aromatic N) is 1. The lowest BCUT2D eigenvalue weighted by molar-refractivity contribution is 0.0857. The van der Waals surface area contributed by atoms with Crippen molar-refractivity contribution in [2.45, 2.75) is 39.0 Å². The molecule has 138 valence electrons. The minimum absolute atomic E-state index is 0.158. The van der Waals surface area contributed by atoms with Gasteiger partial charge in [0, 0.05) is 24.5 Å². The molecule has 0 spiro atoms. The summed E-state index contributed by atoms with van der Waals surface area (Å²) < 4.78 is 0. The number of aryl methyl sites for hydroxylation is 2. The van der Waals surface area contributed by atoms with Crippen LogP contribution in [0.2, 0.25) is 0 Å². The summed E-state index contributed by atoms with van der Waals surface area (Å²) in [5.41, 5.74) is 6.19. The second-order valence-corrected chi connectivity index (χ2v) is 8.03. The zero-order valence-corrected chi connectivity index (χ0v) is 16.3. The Bertz CT molecular complexity index is 826. The van der Waals surface area contributed by atoms with Gasteiger partial charge in [0.2, 0.25) is 0 Å². The number of rotatable bonds is 4. The minimum atomic E-state index is -0.177. The molecule has 2 aromatic rings. The Kier molecular flexibility index (Phi) is 5.74. The predicted octanol–water partition coefficient (Wildman–Crippen LogP) is 3.78. The van der Waals surface area contributed by atoms with Crippen LogP contribution in [0.5, 0.6) is 0 Å². The Hall–Kier alpha value is -2.18.